The van der Waals surface area contributed by atoms with Crippen molar-refractivity contribution in [2.75, 3.05) is 18.1 Å². The number of carbonyl (C=O) groups excluding carboxylic acids is 2. The van der Waals surface area contributed by atoms with Gasteiger partial charge in [-0.25, -0.2) is 0 Å². The number of carbonyl (C=O) groups is 3. The lowest BCUT2D eigenvalue weighted by atomic mass is 10.1. The van der Waals surface area contributed by atoms with Crippen LogP contribution in [0.15, 0.2) is 12.2 Å². The van der Waals surface area contributed by atoms with Gasteiger partial charge >= 0.3 is 5.97 Å². The molecule has 0 saturated carbocycles. The van der Waals surface area contributed by atoms with Gasteiger partial charge in [0.15, 0.2) is 5.78 Å². The van der Waals surface area contributed by atoms with E-state index in [1.807, 2.05) is 11.0 Å². The zero-order valence-electron chi connectivity index (χ0n) is 14.5. The van der Waals surface area contributed by atoms with E-state index in [0.29, 0.717) is 25.8 Å². The Balaban J connectivity index is 2.29. The van der Waals surface area contributed by atoms with E-state index in [-0.39, 0.29) is 24.2 Å². The van der Waals surface area contributed by atoms with Crippen molar-refractivity contribution >= 4 is 29.4 Å². The van der Waals surface area contributed by atoms with Crippen molar-refractivity contribution in [2.45, 2.75) is 64.3 Å². The molecule has 0 bridgehead atoms. The second kappa shape index (κ2) is 12.1. The number of carboxylic acids is 1. The van der Waals surface area contributed by atoms with Crippen LogP contribution in [0.2, 0.25) is 0 Å². The Kier molecular flexibility index (Phi) is 10.5. The number of thioether (sulfide) groups is 1. The minimum atomic E-state index is -0.765. The summed E-state index contributed by atoms with van der Waals surface area (Å²) in [7, 11) is 0. The van der Waals surface area contributed by atoms with E-state index in [1.165, 1.54) is 0 Å². The number of unbranched alkanes of at least 4 members (excludes halogenated alkanes) is 2. The van der Waals surface area contributed by atoms with Crippen molar-refractivity contribution in [2.24, 2.45) is 0 Å². The molecule has 0 aliphatic carbocycles. The van der Waals surface area contributed by atoms with E-state index in [2.05, 4.69) is 6.92 Å². The van der Waals surface area contributed by atoms with E-state index < -0.39 is 5.97 Å². The summed E-state index contributed by atoms with van der Waals surface area (Å²) in [6.45, 7) is 2.78. The van der Waals surface area contributed by atoms with Crippen LogP contribution in [0.25, 0.3) is 0 Å². The SMILES string of the molecule is CCCCCC(=O)/C=C/[C@H]1CCC(=O)N1CCSCCCC(=O)O. The molecule has 0 spiro atoms. The summed E-state index contributed by atoms with van der Waals surface area (Å²) >= 11 is 1.68. The van der Waals surface area contributed by atoms with Crippen LogP contribution in [0.1, 0.15) is 58.3 Å². The van der Waals surface area contributed by atoms with E-state index in [9.17, 15) is 14.4 Å². The lowest BCUT2D eigenvalue weighted by molar-refractivity contribution is -0.137. The van der Waals surface area contributed by atoms with Gasteiger partial charge in [0.25, 0.3) is 0 Å². The quantitative estimate of drug-likeness (QED) is 0.405. The molecule has 136 valence electrons. The Morgan fingerprint density at radius 2 is 2.04 bits per heavy atom. The Morgan fingerprint density at radius 3 is 2.75 bits per heavy atom. The molecule has 1 saturated heterocycles. The number of hydrogen-bond donors (Lipinski definition) is 1. The number of hydrogen-bond acceptors (Lipinski definition) is 4. The molecule has 1 heterocycles. The maximum atomic E-state index is 12.0. The third-order valence-electron chi connectivity index (χ3n) is 4.06. The molecule has 6 heteroatoms. The van der Waals surface area contributed by atoms with Crippen LogP contribution in [0, 0.1) is 0 Å². The smallest absolute Gasteiger partial charge is 0.303 e. The molecule has 24 heavy (non-hydrogen) atoms. The predicted octanol–water partition coefficient (Wildman–Crippen LogP) is 3.28. The number of carboxylic acid groups (broad SMARTS) is 1. The Hall–Kier alpha value is -1.30. The molecule has 1 aliphatic heterocycles. The molecule has 0 aromatic rings. The monoisotopic (exact) mass is 355 g/mol. The van der Waals surface area contributed by atoms with Crippen LogP contribution in [0.4, 0.5) is 0 Å². The molecule has 1 atom stereocenters. The summed E-state index contributed by atoms with van der Waals surface area (Å²) in [4.78, 5) is 36.1. The van der Waals surface area contributed by atoms with Crippen LogP contribution in [0.3, 0.4) is 0 Å². The van der Waals surface area contributed by atoms with E-state index in [1.54, 1.807) is 17.8 Å². The fourth-order valence-corrected chi connectivity index (χ4v) is 3.57. The molecule has 0 radical (unpaired) electrons. The summed E-state index contributed by atoms with van der Waals surface area (Å²) in [5, 5.41) is 8.59. The first kappa shape index (κ1) is 20.7. The van der Waals surface area contributed by atoms with Crippen molar-refractivity contribution in [1.29, 1.82) is 0 Å². The summed E-state index contributed by atoms with van der Waals surface area (Å²) in [5.74, 6) is 1.13. The van der Waals surface area contributed by atoms with Crippen LogP contribution >= 0.6 is 11.8 Å². The second-order valence-electron chi connectivity index (χ2n) is 6.09. The number of allylic oxidation sites excluding steroid dienone is 1. The van der Waals surface area contributed by atoms with E-state index in [0.717, 1.165) is 37.2 Å². The molecule has 0 aromatic heterocycles. The van der Waals surface area contributed by atoms with Crippen molar-refractivity contribution in [1.82, 2.24) is 4.90 Å². The van der Waals surface area contributed by atoms with Gasteiger partial charge in [-0.2, -0.15) is 11.8 Å². The molecule has 0 unspecified atom stereocenters. The largest absolute Gasteiger partial charge is 0.481 e. The van der Waals surface area contributed by atoms with Gasteiger partial charge in [-0.3, -0.25) is 14.4 Å². The van der Waals surface area contributed by atoms with Gasteiger partial charge in [-0.05, 0) is 31.1 Å². The lowest BCUT2D eigenvalue weighted by Gasteiger charge is -2.22. The van der Waals surface area contributed by atoms with Crippen molar-refractivity contribution in [3.63, 3.8) is 0 Å². The fourth-order valence-electron chi connectivity index (χ4n) is 2.69. The van der Waals surface area contributed by atoms with Gasteiger partial charge in [-0.1, -0.05) is 25.8 Å². The first-order valence-corrected chi connectivity index (χ1v) is 10.00. The minimum absolute atomic E-state index is 0.0345. The molecule has 0 aromatic carbocycles. The third kappa shape index (κ3) is 8.52. The number of amides is 1. The molecular formula is C18H29NO4S. The highest BCUT2D eigenvalue weighted by Gasteiger charge is 2.28. The maximum absolute atomic E-state index is 12.0. The Bertz CT molecular complexity index is 450. The maximum Gasteiger partial charge on any atom is 0.303 e. The lowest BCUT2D eigenvalue weighted by Crippen LogP contribution is -2.33. The zero-order valence-corrected chi connectivity index (χ0v) is 15.4. The van der Waals surface area contributed by atoms with Crippen molar-refractivity contribution < 1.29 is 19.5 Å². The first-order chi connectivity index (χ1) is 11.5. The van der Waals surface area contributed by atoms with Gasteiger partial charge in [0, 0.05) is 31.6 Å². The van der Waals surface area contributed by atoms with Gasteiger partial charge in [0.05, 0.1) is 6.04 Å². The fraction of sp³-hybridized carbons (Fsp3) is 0.722. The van der Waals surface area contributed by atoms with E-state index in [4.69, 9.17) is 5.11 Å². The average molecular weight is 356 g/mol. The highest BCUT2D eigenvalue weighted by molar-refractivity contribution is 7.99. The summed E-state index contributed by atoms with van der Waals surface area (Å²) in [6.07, 6.45) is 9.40. The second-order valence-corrected chi connectivity index (χ2v) is 7.31. The number of nitrogens with zero attached hydrogens (tertiary/aromatic N) is 1. The minimum Gasteiger partial charge on any atom is -0.481 e. The van der Waals surface area contributed by atoms with Crippen LogP contribution in [-0.2, 0) is 14.4 Å². The van der Waals surface area contributed by atoms with Crippen molar-refractivity contribution in [3.05, 3.63) is 12.2 Å². The van der Waals surface area contributed by atoms with Crippen LogP contribution < -0.4 is 0 Å². The topological polar surface area (TPSA) is 74.7 Å². The van der Waals surface area contributed by atoms with Gasteiger partial charge < -0.3 is 10.0 Å². The number of aliphatic carboxylic acids is 1. The Labute approximate surface area is 148 Å². The number of likely N-dealkylation sites (tertiary alicyclic amines) is 1. The number of ketones is 1. The van der Waals surface area contributed by atoms with Crippen molar-refractivity contribution in [3.8, 4) is 0 Å². The first-order valence-electron chi connectivity index (χ1n) is 8.84. The average Bonchev–Trinajstić information content (AvgIpc) is 2.89. The summed E-state index contributed by atoms with van der Waals surface area (Å²) < 4.78 is 0. The molecule has 1 rings (SSSR count). The molecule has 1 aliphatic rings. The predicted molar refractivity (Wildman–Crippen MR) is 97.2 cm³/mol. The van der Waals surface area contributed by atoms with Gasteiger partial charge in [-0.15, -0.1) is 0 Å². The summed E-state index contributed by atoms with van der Waals surface area (Å²) in [6, 6.07) is 0.0345. The molecule has 1 N–H and O–H groups in total. The number of rotatable bonds is 13. The highest BCUT2D eigenvalue weighted by atomic mass is 32.2. The standard InChI is InChI=1S/C18H29NO4S/c1-2-3-4-6-16(20)10-8-15-9-11-17(21)19(15)12-14-24-13-5-7-18(22)23/h8,10,15H,2-7,9,11-14H2,1H3,(H,22,23)/b10-8+/t15-/m0/s1. The van der Waals surface area contributed by atoms with Crippen LogP contribution in [-0.4, -0.2) is 51.8 Å². The molecule has 5 nitrogen and oxygen atoms in total. The van der Waals surface area contributed by atoms with Crippen LogP contribution in [0.5, 0.6) is 0 Å². The molecule has 1 fully saturated rings. The highest BCUT2D eigenvalue weighted by Crippen LogP contribution is 2.20. The van der Waals surface area contributed by atoms with Gasteiger partial charge in [0.2, 0.25) is 5.91 Å². The van der Waals surface area contributed by atoms with Gasteiger partial charge in [0.1, 0.15) is 0 Å². The summed E-state index contributed by atoms with van der Waals surface area (Å²) in [5.41, 5.74) is 0. The molecule has 1 amide bonds. The Morgan fingerprint density at radius 1 is 1.25 bits per heavy atom. The molecular weight excluding hydrogens is 326 g/mol. The zero-order chi connectivity index (χ0) is 17.8. The third-order valence-corrected chi connectivity index (χ3v) is 5.11. The van der Waals surface area contributed by atoms with E-state index >= 15 is 0 Å². The normalized spacial score (nSPS) is 17.8.